The van der Waals surface area contributed by atoms with E-state index < -0.39 is 7.12 Å². The zero-order chi connectivity index (χ0) is 19.8. The van der Waals surface area contributed by atoms with Crippen LogP contribution in [0.1, 0.15) is 0 Å². The monoisotopic (exact) mass is 378 g/mol. The van der Waals surface area contributed by atoms with E-state index in [0.717, 1.165) is 11.4 Å². The molecule has 5 rings (SSSR count). The smallest absolute Gasteiger partial charge is 0.423 e. The zero-order valence-corrected chi connectivity index (χ0v) is 15.7. The highest BCUT2D eigenvalue weighted by Crippen LogP contribution is 2.32. The number of nitrogens with one attached hydrogen (secondary N) is 1. The molecule has 0 spiro atoms. The number of hydrogen-bond acceptors (Lipinski definition) is 3. The first-order chi connectivity index (χ1) is 14.2. The van der Waals surface area contributed by atoms with Crippen LogP contribution in [-0.2, 0) is 0 Å². The summed E-state index contributed by atoms with van der Waals surface area (Å²) in [6, 6.07) is 32.1. The molecule has 1 aromatic heterocycles. The predicted molar refractivity (Wildman–Crippen MR) is 120 cm³/mol. The van der Waals surface area contributed by atoms with Gasteiger partial charge < -0.3 is 19.9 Å². The average molecular weight is 378 g/mol. The van der Waals surface area contributed by atoms with Crippen LogP contribution in [0.3, 0.4) is 0 Å². The summed E-state index contributed by atoms with van der Waals surface area (Å²) in [6.07, 6.45) is 0. The van der Waals surface area contributed by atoms with E-state index in [1.807, 2.05) is 24.3 Å². The lowest BCUT2D eigenvalue weighted by atomic mass is 9.79. The van der Waals surface area contributed by atoms with Gasteiger partial charge in [0.05, 0.1) is 11.0 Å². The molecule has 4 aromatic carbocycles. The van der Waals surface area contributed by atoms with E-state index in [4.69, 9.17) is 0 Å². The van der Waals surface area contributed by atoms with Gasteiger partial charge in [0.2, 0.25) is 0 Å². The van der Waals surface area contributed by atoms with Crippen LogP contribution in [0.5, 0.6) is 0 Å². The summed E-state index contributed by atoms with van der Waals surface area (Å²) in [4.78, 5) is 0. The van der Waals surface area contributed by atoms with Crippen LogP contribution in [0.4, 0.5) is 11.4 Å². The fourth-order valence-electron chi connectivity index (χ4n) is 3.89. The van der Waals surface area contributed by atoms with Gasteiger partial charge in [-0.05, 0) is 42.5 Å². The van der Waals surface area contributed by atoms with Crippen molar-refractivity contribution in [2.45, 2.75) is 0 Å². The first-order valence-electron chi connectivity index (χ1n) is 9.53. The highest BCUT2D eigenvalue weighted by molar-refractivity contribution is 6.60. The Hall–Kier alpha value is -3.54. The minimum absolute atomic E-state index is 0.443. The largest absolute Gasteiger partial charge is 0.490 e. The zero-order valence-electron chi connectivity index (χ0n) is 15.7. The lowest BCUT2D eigenvalue weighted by Gasteiger charge is -2.13. The van der Waals surface area contributed by atoms with E-state index in [1.54, 1.807) is 12.1 Å². The molecular formula is C24H19BN2O2. The number of benzene rings is 4. The highest BCUT2D eigenvalue weighted by Gasteiger charge is 2.15. The van der Waals surface area contributed by atoms with E-state index in [2.05, 4.69) is 70.5 Å². The minimum atomic E-state index is -1.52. The number of hydrogen-bond donors (Lipinski definition) is 3. The predicted octanol–water partition coefficient (Wildman–Crippen LogP) is 4.21. The molecule has 0 aliphatic heterocycles. The van der Waals surface area contributed by atoms with E-state index in [1.165, 1.54) is 21.8 Å². The van der Waals surface area contributed by atoms with Crippen LogP contribution < -0.4 is 10.8 Å². The van der Waals surface area contributed by atoms with Gasteiger partial charge >= 0.3 is 7.12 Å². The lowest BCUT2D eigenvalue weighted by Crippen LogP contribution is -2.31. The van der Waals surface area contributed by atoms with Gasteiger partial charge in [-0.1, -0.05) is 54.6 Å². The molecular weight excluding hydrogens is 359 g/mol. The molecule has 29 heavy (non-hydrogen) atoms. The van der Waals surface area contributed by atoms with Crippen molar-refractivity contribution in [2.24, 2.45) is 0 Å². The van der Waals surface area contributed by atoms with Crippen molar-refractivity contribution in [1.82, 2.24) is 4.57 Å². The summed E-state index contributed by atoms with van der Waals surface area (Å²) in [5.41, 5.74) is 5.41. The molecule has 5 heteroatoms. The Balaban J connectivity index is 1.56. The van der Waals surface area contributed by atoms with Crippen LogP contribution in [-0.4, -0.2) is 21.7 Å². The van der Waals surface area contributed by atoms with Gasteiger partial charge in [0.15, 0.2) is 0 Å². The third-order valence-corrected chi connectivity index (χ3v) is 5.22. The Bertz CT molecular complexity index is 1260. The van der Waals surface area contributed by atoms with Crippen molar-refractivity contribution in [1.29, 1.82) is 0 Å². The summed E-state index contributed by atoms with van der Waals surface area (Å²) in [7, 11) is -1.52. The first-order valence-corrected chi connectivity index (χ1v) is 9.53. The highest BCUT2D eigenvalue weighted by atomic mass is 16.4. The molecule has 0 saturated heterocycles. The molecule has 0 fully saturated rings. The fourth-order valence-corrected chi connectivity index (χ4v) is 3.89. The van der Waals surface area contributed by atoms with Crippen molar-refractivity contribution in [3.8, 4) is 5.69 Å². The van der Waals surface area contributed by atoms with Gasteiger partial charge in [-0.15, -0.1) is 0 Å². The van der Waals surface area contributed by atoms with Crippen molar-refractivity contribution < 1.29 is 10.0 Å². The topological polar surface area (TPSA) is 57.4 Å². The minimum Gasteiger partial charge on any atom is -0.423 e. The van der Waals surface area contributed by atoms with Gasteiger partial charge in [0.1, 0.15) is 0 Å². The van der Waals surface area contributed by atoms with Crippen LogP contribution in [0.25, 0.3) is 27.5 Å². The number of fused-ring (bicyclic) bond motifs is 3. The van der Waals surface area contributed by atoms with Crippen LogP contribution in [0.15, 0.2) is 97.1 Å². The maximum Gasteiger partial charge on any atom is 0.490 e. The Morgan fingerprint density at radius 3 is 1.79 bits per heavy atom. The summed E-state index contributed by atoms with van der Waals surface area (Å²) in [5.74, 6) is 0. The quantitative estimate of drug-likeness (QED) is 0.411. The summed E-state index contributed by atoms with van der Waals surface area (Å²) in [6.45, 7) is 0. The first kappa shape index (κ1) is 17.6. The molecule has 140 valence electrons. The maximum atomic E-state index is 9.57. The molecule has 0 radical (unpaired) electrons. The Morgan fingerprint density at radius 1 is 0.621 bits per heavy atom. The molecule has 3 N–H and O–H groups in total. The summed E-state index contributed by atoms with van der Waals surface area (Å²) in [5, 5.41) is 24.9. The molecule has 1 heterocycles. The van der Waals surface area contributed by atoms with Crippen LogP contribution >= 0.6 is 0 Å². The van der Waals surface area contributed by atoms with E-state index in [0.29, 0.717) is 11.2 Å². The summed E-state index contributed by atoms with van der Waals surface area (Å²) < 4.78 is 2.26. The number of aromatic nitrogens is 1. The molecule has 0 unspecified atom stereocenters. The standard InChI is InChI=1S/C24H19BN2O2/c28-25(29)21-9-3-4-10-22(21)26-17-13-15-18(16-14-17)27-23-11-5-1-7-19(23)20-8-2-6-12-24(20)27/h1-16,26,28-29H. The van der Waals surface area contributed by atoms with Gasteiger partial charge in [0.25, 0.3) is 0 Å². The third kappa shape index (κ3) is 3.07. The van der Waals surface area contributed by atoms with Crippen LogP contribution in [0.2, 0.25) is 0 Å². The van der Waals surface area contributed by atoms with Crippen molar-refractivity contribution in [3.63, 3.8) is 0 Å². The van der Waals surface area contributed by atoms with Gasteiger partial charge in [-0.25, -0.2) is 0 Å². The fraction of sp³-hybridized carbons (Fsp3) is 0. The second-order valence-electron chi connectivity index (χ2n) is 7.00. The molecule has 0 atom stereocenters. The van der Waals surface area contributed by atoms with Gasteiger partial charge in [-0.2, -0.15) is 0 Å². The Kier molecular flexibility index (Phi) is 4.32. The Morgan fingerprint density at radius 2 is 1.17 bits per heavy atom. The molecule has 4 nitrogen and oxygen atoms in total. The van der Waals surface area contributed by atoms with E-state index in [9.17, 15) is 10.0 Å². The molecule has 5 aromatic rings. The molecule has 0 amide bonds. The van der Waals surface area contributed by atoms with E-state index in [-0.39, 0.29) is 0 Å². The number of anilines is 2. The molecule has 0 aliphatic rings. The lowest BCUT2D eigenvalue weighted by molar-refractivity contribution is 0.426. The Labute approximate surface area is 168 Å². The molecule has 0 saturated carbocycles. The van der Waals surface area contributed by atoms with E-state index >= 15 is 0 Å². The van der Waals surface area contributed by atoms with Crippen molar-refractivity contribution in [2.75, 3.05) is 5.32 Å². The van der Waals surface area contributed by atoms with Crippen molar-refractivity contribution >= 4 is 45.8 Å². The van der Waals surface area contributed by atoms with Gasteiger partial charge in [0, 0.05) is 33.3 Å². The number of nitrogens with zero attached hydrogens (tertiary/aromatic N) is 1. The molecule has 0 bridgehead atoms. The second-order valence-corrected chi connectivity index (χ2v) is 7.00. The summed E-state index contributed by atoms with van der Waals surface area (Å²) >= 11 is 0. The number of rotatable bonds is 4. The number of para-hydroxylation sites is 3. The average Bonchev–Trinajstić information content (AvgIpc) is 3.09. The van der Waals surface area contributed by atoms with Crippen molar-refractivity contribution in [3.05, 3.63) is 97.1 Å². The normalized spacial score (nSPS) is 11.1. The maximum absolute atomic E-state index is 9.57. The molecule has 0 aliphatic carbocycles. The van der Waals surface area contributed by atoms with Gasteiger partial charge in [-0.3, -0.25) is 0 Å². The SMILES string of the molecule is OB(O)c1ccccc1Nc1ccc(-n2c3ccccc3c3ccccc32)cc1. The third-order valence-electron chi connectivity index (χ3n) is 5.22. The van der Waals surface area contributed by atoms with Crippen LogP contribution in [0, 0.1) is 0 Å². The second kappa shape index (κ2) is 7.13.